The Bertz CT molecular complexity index is 375. The lowest BCUT2D eigenvalue weighted by Gasteiger charge is -2.27. The van der Waals surface area contributed by atoms with Crippen LogP contribution < -0.4 is 0 Å². The first-order valence-corrected chi connectivity index (χ1v) is 6.68. The van der Waals surface area contributed by atoms with Crippen molar-refractivity contribution in [1.82, 2.24) is 15.0 Å². The molecule has 1 rings (SSSR count). The van der Waals surface area contributed by atoms with Gasteiger partial charge in [0, 0.05) is 12.8 Å². The van der Waals surface area contributed by atoms with Gasteiger partial charge in [0.1, 0.15) is 0 Å². The van der Waals surface area contributed by atoms with Crippen LogP contribution in [0.1, 0.15) is 66.5 Å². The molecule has 0 radical (unpaired) electrons. The molecule has 104 valence electrons. The van der Waals surface area contributed by atoms with E-state index in [0.29, 0.717) is 5.92 Å². The van der Waals surface area contributed by atoms with Crippen molar-refractivity contribution in [2.24, 2.45) is 0 Å². The maximum Gasteiger partial charge on any atom is 0.0852 e. The average molecular weight is 253 g/mol. The Morgan fingerprint density at radius 3 is 2.28 bits per heavy atom. The molecule has 0 spiro atoms. The highest BCUT2D eigenvalue weighted by molar-refractivity contribution is 5.00. The van der Waals surface area contributed by atoms with Crippen LogP contribution in [-0.2, 0) is 10.3 Å². The van der Waals surface area contributed by atoms with Gasteiger partial charge in [-0.25, -0.2) is 4.68 Å². The molecule has 18 heavy (non-hydrogen) atoms. The standard InChI is InChI=1S/C14H27N3O/c1-11(2)12-10-17(16-15-12)14(6,7)8-9-18-13(3,4)5/h10-11H,8-9H2,1-7H3. The smallest absolute Gasteiger partial charge is 0.0852 e. The highest BCUT2D eigenvalue weighted by atomic mass is 16.5. The van der Waals surface area contributed by atoms with Gasteiger partial charge in [0.05, 0.1) is 16.8 Å². The molecule has 0 saturated carbocycles. The average Bonchev–Trinajstić information content (AvgIpc) is 2.63. The van der Waals surface area contributed by atoms with Gasteiger partial charge in [-0.2, -0.15) is 0 Å². The quantitative estimate of drug-likeness (QED) is 0.808. The Kier molecular flexibility index (Phi) is 4.54. The zero-order valence-corrected chi connectivity index (χ0v) is 12.8. The van der Waals surface area contributed by atoms with Crippen molar-refractivity contribution < 1.29 is 4.74 Å². The summed E-state index contributed by atoms with van der Waals surface area (Å²) in [5, 5.41) is 8.45. The van der Waals surface area contributed by atoms with Gasteiger partial charge in [0.25, 0.3) is 0 Å². The molecule has 0 N–H and O–H groups in total. The normalized spacial score (nSPS) is 13.3. The highest BCUT2D eigenvalue weighted by Crippen LogP contribution is 2.22. The Labute approximate surface area is 111 Å². The van der Waals surface area contributed by atoms with Gasteiger partial charge in [-0.1, -0.05) is 19.1 Å². The zero-order valence-electron chi connectivity index (χ0n) is 12.8. The minimum Gasteiger partial charge on any atom is -0.376 e. The lowest BCUT2D eigenvalue weighted by molar-refractivity contribution is -0.0153. The van der Waals surface area contributed by atoms with Crippen molar-refractivity contribution in [2.75, 3.05) is 6.61 Å². The van der Waals surface area contributed by atoms with Gasteiger partial charge in [0.15, 0.2) is 0 Å². The predicted octanol–water partition coefficient (Wildman–Crippen LogP) is 3.34. The third-order valence-corrected chi connectivity index (χ3v) is 2.97. The van der Waals surface area contributed by atoms with E-state index in [0.717, 1.165) is 18.7 Å². The van der Waals surface area contributed by atoms with Crippen molar-refractivity contribution in [3.63, 3.8) is 0 Å². The van der Waals surface area contributed by atoms with Crippen molar-refractivity contribution in [2.45, 2.75) is 71.9 Å². The minimum absolute atomic E-state index is 0.0641. The van der Waals surface area contributed by atoms with Crippen LogP contribution >= 0.6 is 0 Å². The summed E-state index contributed by atoms with van der Waals surface area (Å²) in [5.41, 5.74) is 0.896. The van der Waals surface area contributed by atoms with E-state index in [1.54, 1.807) is 0 Å². The molecule has 0 amide bonds. The molecule has 4 nitrogen and oxygen atoms in total. The number of rotatable bonds is 5. The molecular formula is C14H27N3O. The first kappa shape index (κ1) is 15.2. The van der Waals surface area contributed by atoms with E-state index >= 15 is 0 Å². The van der Waals surface area contributed by atoms with Crippen LogP contribution in [0.15, 0.2) is 6.20 Å². The number of hydrogen-bond donors (Lipinski definition) is 0. The van der Waals surface area contributed by atoms with E-state index in [9.17, 15) is 0 Å². The van der Waals surface area contributed by atoms with E-state index in [1.165, 1.54) is 0 Å². The van der Waals surface area contributed by atoms with Gasteiger partial charge in [-0.05, 0) is 47.0 Å². The molecule has 0 aliphatic carbocycles. The topological polar surface area (TPSA) is 39.9 Å². The van der Waals surface area contributed by atoms with Crippen molar-refractivity contribution in [3.8, 4) is 0 Å². The fraction of sp³-hybridized carbons (Fsp3) is 0.857. The summed E-state index contributed by atoms with van der Waals surface area (Å²) in [6.07, 6.45) is 2.97. The Balaban J connectivity index is 2.62. The molecule has 0 saturated heterocycles. The van der Waals surface area contributed by atoms with E-state index < -0.39 is 0 Å². The molecule has 1 aromatic heterocycles. The molecule has 0 atom stereocenters. The second kappa shape index (κ2) is 5.39. The van der Waals surface area contributed by atoms with Gasteiger partial charge in [0.2, 0.25) is 0 Å². The summed E-state index contributed by atoms with van der Waals surface area (Å²) in [7, 11) is 0. The highest BCUT2D eigenvalue weighted by Gasteiger charge is 2.23. The van der Waals surface area contributed by atoms with Crippen LogP contribution in [0.2, 0.25) is 0 Å². The third kappa shape index (κ3) is 4.41. The summed E-state index contributed by atoms with van der Waals surface area (Å²) < 4.78 is 7.73. The lowest BCUT2D eigenvalue weighted by atomic mass is 10.0. The molecule has 0 aliphatic rings. The van der Waals surface area contributed by atoms with Crippen molar-refractivity contribution >= 4 is 0 Å². The second-order valence-electron chi connectivity index (χ2n) is 6.77. The number of hydrogen-bond acceptors (Lipinski definition) is 3. The van der Waals surface area contributed by atoms with E-state index in [-0.39, 0.29) is 11.1 Å². The Morgan fingerprint density at radius 1 is 1.22 bits per heavy atom. The van der Waals surface area contributed by atoms with Crippen LogP contribution in [0, 0.1) is 0 Å². The van der Waals surface area contributed by atoms with E-state index in [2.05, 4.69) is 58.8 Å². The Hall–Kier alpha value is -0.900. The largest absolute Gasteiger partial charge is 0.376 e. The van der Waals surface area contributed by atoms with Gasteiger partial charge < -0.3 is 4.74 Å². The van der Waals surface area contributed by atoms with Crippen molar-refractivity contribution in [1.29, 1.82) is 0 Å². The molecule has 0 bridgehead atoms. The zero-order chi connectivity index (χ0) is 14.0. The molecule has 1 aromatic rings. The van der Waals surface area contributed by atoms with Crippen molar-refractivity contribution in [3.05, 3.63) is 11.9 Å². The number of ether oxygens (including phenoxy) is 1. The summed E-state index contributed by atoms with van der Waals surface area (Å²) in [5.74, 6) is 0.417. The first-order valence-electron chi connectivity index (χ1n) is 6.68. The van der Waals surface area contributed by atoms with Gasteiger partial charge in [-0.3, -0.25) is 0 Å². The molecule has 0 unspecified atom stereocenters. The number of aromatic nitrogens is 3. The first-order chi connectivity index (χ1) is 8.12. The molecule has 0 fully saturated rings. The van der Waals surface area contributed by atoms with Crippen LogP contribution in [0.3, 0.4) is 0 Å². The SMILES string of the molecule is CC(C)c1cn(C(C)(C)CCOC(C)(C)C)nn1. The molecule has 0 aliphatic heterocycles. The Morgan fingerprint density at radius 2 is 1.83 bits per heavy atom. The van der Waals surface area contributed by atoms with E-state index in [4.69, 9.17) is 4.74 Å². The number of nitrogens with zero attached hydrogens (tertiary/aromatic N) is 3. The fourth-order valence-corrected chi connectivity index (χ4v) is 1.56. The maximum absolute atomic E-state index is 5.78. The second-order valence-corrected chi connectivity index (χ2v) is 6.77. The predicted molar refractivity (Wildman–Crippen MR) is 73.8 cm³/mol. The summed E-state index contributed by atoms with van der Waals surface area (Å²) >= 11 is 0. The maximum atomic E-state index is 5.78. The van der Waals surface area contributed by atoms with Gasteiger partial charge >= 0.3 is 0 Å². The van der Waals surface area contributed by atoms with Crippen LogP contribution in [-0.4, -0.2) is 27.2 Å². The van der Waals surface area contributed by atoms with Crippen LogP contribution in [0.5, 0.6) is 0 Å². The fourth-order valence-electron chi connectivity index (χ4n) is 1.56. The van der Waals surface area contributed by atoms with E-state index in [1.807, 2.05) is 10.9 Å². The summed E-state index contributed by atoms with van der Waals surface area (Å²) in [6, 6.07) is 0. The molecule has 0 aromatic carbocycles. The molecular weight excluding hydrogens is 226 g/mol. The summed E-state index contributed by atoms with van der Waals surface area (Å²) in [6.45, 7) is 15.5. The molecule has 4 heteroatoms. The van der Waals surface area contributed by atoms with Crippen LogP contribution in [0.4, 0.5) is 0 Å². The van der Waals surface area contributed by atoms with Crippen LogP contribution in [0.25, 0.3) is 0 Å². The monoisotopic (exact) mass is 253 g/mol. The molecule has 1 heterocycles. The lowest BCUT2D eigenvalue weighted by Crippen LogP contribution is -2.30. The summed E-state index contributed by atoms with van der Waals surface area (Å²) in [4.78, 5) is 0. The third-order valence-electron chi connectivity index (χ3n) is 2.97. The van der Waals surface area contributed by atoms with Gasteiger partial charge in [-0.15, -0.1) is 5.10 Å². The minimum atomic E-state index is -0.0818.